The molecule has 1 heterocycles. The summed E-state index contributed by atoms with van der Waals surface area (Å²) in [5.74, 6) is -1.35. The number of rotatable bonds is 3. The molecule has 1 aliphatic rings. The van der Waals surface area contributed by atoms with Crippen molar-refractivity contribution in [2.24, 2.45) is 5.29 Å². The van der Waals surface area contributed by atoms with Crippen molar-refractivity contribution < 1.29 is 9.90 Å². The van der Waals surface area contributed by atoms with Crippen molar-refractivity contribution in [1.82, 2.24) is 10.3 Å². The van der Waals surface area contributed by atoms with Gasteiger partial charge < -0.3 is 15.1 Å². The molecule has 68 valence electrons. The summed E-state index contributed by atoms with van der Waals surface area (Å²) in [7, 11) is 0. The van der Waals surface area contributed by atoms with Crippen LogP contribution in [-0.4, -0.2) is 28.8 Å². The molecule has 1 unspecified atom stereocenters. The van der Waals surface area contributed by atoms with Crippen LogP contribution in [0.5, 0.6) is 0 Å². The number of hydrazine groups is 1. The SMILES string of the molecule is O=NN([O-])N1CCCC1C(=O)[O-]. The monoisotopic (exact) mass is 173 g/mol. The Bertz CT molecular complexity index is 197. The van der Waals surface area contributed by atoms with Gasteiger partial charge >= 0.3 is 0 Å². The third kappa shape index (κ3) is 1.51. The number of nitrogens with zero attached hydrogens (tertiary/aromatic N) is 3. The maximum absolute atomic E-state index is 10.6. The van der Waals surface area contributed by atoms with E-state index < -0.39 is 12.0 Å². The van der Waals surface area contributed by atoms with Gasteiger partial charge in [-0.15, -0.1) is 4.91 Å². The standard InChI is InChI=1S/C5H8N3O4/c9-5(10)4-2-1-3-7(4)8(12)6-11/h4H,1-3H2,(H,9,10)/q-1/p-1. The lowest BCUT2D eigenvalue weighted by atomic mass is 10.2. The van der Waals surface area contributed by atoms with Crippen molar-refractivity contribution >= 4 is 5.97 Å². The lowest BCUT2D eigenvalue weighted by Gasteiger charge is -2.35. The molecule has 1 fully saturated rings. The summed E-state index contributed by atoms with van der Waals surface area (Å²) < 4.78 is 0. The third-order valence-electron chi connectivity index (χ3n) is 1.79. The summed E-state index contributed by atoms with van der Waals surface area (Å²) in [5.41, 5.74) is 0. The molecule has 1 saturated heterocycles. The molecule has 0 spiro atoms. The molecular formula is C5H7N3O4-2. The van der Waals surface area contributed by atoms with Crippen LogP contribution < -0.4 is 5.11 Å². The fourth-order valence-corrected chi connectivity index (χ4v) is 1.24. The zero-order valence-electron chi connectivity index (χ0n) is 6.17. The molecule has 0 aliphatic carbocycles. The Labute approximate surface area is 68.1 Å². The Morgan fingerprint density at radius 2 is 2.33 bits per heavy atom. The Hall–Kier alpha value is -1.21. The van der Waals surface area contributed by atoms with Gasteiger partial charge in [-0.2, -0.15) is 0 Å². The van der Waals surface area contributed by atoms with E-state index in [4.69, 9.17) is 0 Å². The number of nitroso groups, excluding NO2 is 1. The fraction of sp³-hybridized carbons (Fsp3) is 0.800. The predicted molar refractivity (Wildman–Crippen MR) is 35.7 cm³/mol. The Kier molecular flexibility index (Phi) is 2.56. The van der Waals surface area contributed by atoms with Gasteiger partial charge in [0.1, 0.15) is 0 Å². The average Bonchev–Trinajstić information content (AvgIpc) is 2.50. The number of hydrogen-bond donors (Lipinski definition) is 0. The zero-order chi connectivity index (χ0) is 9.14. The topological polar surface area (TPSA) is 99.1 Å². The molecule has 1 rings (SSSR count). The summed E-state index contributed by atoms with van der Waals surface area (Å²) in [5, 5.41) is 23.6. The Morgan fingerprint density at radius 1 is 1.67 bits per heavy atom. The van der Waals surface area contributed by atoms with E-state index in [2.05, 4.69) is 5.29 Å². The maximum atomic E-state index is 10.6. The second kappa shape index (κ2) is 3.46. The van der Waals surface area contributed by atoms with Crippen LogP contribution in [0, 0.1) is 10.1 Å². The lowest BCUT2D eigenvalue weighted by molar-refractivity contribution is -0.313. The number of aliphatic carboxylic acids is 1. The first kappa shape index (κ1) is 8.88. The Morgan fingerprint density at radius 3 is 2.83 bits per heavy atom. The quantitative estimate of drug-likeness (QED) is 0.384. The second-order valence-electron chi connectivity index (χ2n) is 2.47. The predicted octanol–water partition coefficient (Wildman–Crippen LogP) is -1.40. The molecule has 1 atom stereocenters. The molecule has 1 aliphatic heterocycles. The lowest BCUT2D eigenvalue weighted by Crippen LogP contribution is -2.48. The first-order valence-corrected chi connectivity index (χ1v) is 3.44. The number of carboxylic acid groups (broad SMARTS) is 1. The van der Waals surface area contributed by atoms with Crippen molar-refractivity contribution in [2.75, 3.05) is 6.54 Å². The average molecular weight is 173 g/mol. The molecule has 0 aromatic rings. The molecule has 12 heavy (non-hydrogen) atoms. The normalized spacial score (nSPS) is 23.9. The van der Waals surface area contributed by atoms with Gasteiger partial charge in [0.25, 0.3) is 0 Å². The van der Waals surface area contributed by atoms with Crippen molar-refractivity contribution in [1.29, 1.82) is 0 Å². The second-order valence-corrected chi connectivity index (χ2v) is 2.47. The Balaban J connectivity index is 2.63. The van der Waals surface area contributed by atoms with E-state index >= 15 is 0 Å². The largest absolute Gasteiger partial charge is 0.724 e. The van der Waals surface area contributed by atoms with Gasteiger partial charge in [0.2, 0.25) is 0 Å². The van der Waals surface area contributed by atoms with Gasteiger partial charge in [-0.05, 0) is 12.8 Å². The van der Waals surface area contributed by atoms with E-state index in [0.717, 1.165) is 5.01 Å². The van der Waals surface area contributed by atoms with Crippen molar-refractivity contribution in [3.63, 3.8) is 0 Å². The molecular weight excluding hydrogens is 166 g/mol. The van der Waals surface area contributed by atoms with E-state index in [-0.39, 0.29) is 11.8 Å². The van der Waals surface area contributed by atoms with Gasteiger partial charge in [0.05, 0.1) is 17.3 Å². The van der Waals surface area contributed by atoms with Crippen LogP contribution in [0.3, 0.4) is 0 Å². The van der Waals surface area contributed by atoms with Crippen molar-refractivity contribution in [3.05, 3.63) is 10.1 Å². The summed E-state index contributed by atoms with van der Waals surface area (Å²) in [6.45, 7) is 0.230. The maximum Gasteiger partial charge on any atom is 0.0696 e. The van der Waals surface area contributed by atoms with Crippen LogP contribution in [0.1, 0.15) is 12.8 Å². The molecule has 0 saturated carbocycles. The number of carbonyl (C=O) groups is 1. The summed E-state index contributed by atoms with van der Waals surface area (Å²) in [4.78, 5) is 20.1. The van der Waals surface area contributed by atoms with E-state index in [1.54, 1.807) is 0 Å². The first-order chi connectivity index (χ1) is 5.66. The number of carboxylic acids is 1. The minimum Gasteiger partial charge on any atom is -0.724 e. The van der Waals surface area contributed by atoms with E-state index in [9.17, 15) is 20.0 Å². The summed E-state index contributed by atoms with van der Waals surface area (Å²) in [6.07, 6.45) is 0.865. The molecule has 0 bridgehead atoms. The zero-order valence-corrected chi connectivity index (χ0v) is 6.17. The highest BCUT2D eigenvalue weighted by molar-refractivity contribution is 5.71. The fourth-order valence-electron chi connectivity index (χ4n) is 1.24. The molecule has 0 amide bonds. The molecule has 7 heteroatoms. The van der Waals surface area contributed by atoms with Crippen molar-refractivity contribution in [2.45, 2.75) is 18.9 Å². The number of hydrogen-bond acceptors (Lipinski definition) is 6. The van der Waals surface area contributed by atoms with Crippen LogP contribution >= 0.6 is 0 Å². The van der Waals surface area contributed by atoms with E-state index in [1.807, 2.05) is 0 Å². The van der Waals surface area contributed by atoms with Crippen LogP contribution in [0.25, 0.3) is 0 Å². The van der Waals surface area contributed by atoms with E-state index in [1.165, 1.54) is 0 Å². The van der Waals surface area contributed by atoms with Gasteiger partial charge in [-0.25, -0.2) is 5.01 Å². The highest BCUT2D eigenvalue weighted by atomic mass is 16.6. The minimum atomic E-state index is -1.35. The first-order valence-electron chi connectivity index (χ1n) is 3.44. The highest BCUT2D eigenvalue weighted by Gasteiger charge is 2.26. The van der Waals surface area contributed by atoms with Crippen LogP contribution in [0.2, 0.25) is 0 Å². The highest BCUT2D eigenvalue weighted by Crippen LogP contribution is 2.18. The van der Waals surface area contributed by atoms with Gasteiger partial charge in [0.15, 0.2) is 0 Å². The van der Waals surface area contributed by atoms with Crippen LogP contribution in [0.4, 0.5) is 0 Å². The number of carbonyl (C=O) groups excluding carboxylic acids is 1. The third-order valence-corrected chi connectivity index (χ3v) is 1.79. The van der Waals surface area contributed by atoms with E-state index in [0.29, 0.717) is 12.8 Å². The van der Waals surface area contributed by atoms with Gasteiger partial charge in [-0.1, -0.05) is 0 Å². The van der Waals surface area contributed by atoms with Gasteiger partial charge in [0, 0.05) is 6.54 Å². The molecule has 0 radical (unpaired) electrons. The molecule has 7 nitrogen and oxygen atoms in total. The van der Waals surface area contributed by atoms with Crippen LogP contribution in [-0.2, 0) is 4.79 Å². The van der Waals surface area contributed by atoms with Gasteiger partial charge in [-0.3, -0.25) is 5.28 Å². The summed E-state index contributed by atoms with van der Waals surface area (Å²) >= 11 is 0. The van der Waals surface area contributed by atoms with Crippen LogP contribution in [0.15, 0.2) is 5.29 Å². The smallest absolute Gasteiger partial charge is 0.0696 e. The molecule has 0 aromatic heterocycles. The molecule has 0 N–H and O–H groups in total. The van der Waals surface area contributed by atoms with Crippen molar-refractivity contribution in [3.8, 4) is 0 Å². The summed E-state index contributed by atoms with van der Waals surface area (Å²) in [6, 6.07) is -1.01. The minimum absolute atomic E-state index is 0.230. The molecule has 0 aromatic carbocycles.